The Morgan fingerprint density at radius 3 is 2.22 bits per heavy atom. The number of aromatic hydroxyl groups is 1. The van der Waals surface area contributed by atoms with Crippen LogP contribution in [0.4, 0.5) is 5.69 Å². The SMILES string of the molecule is CN(Cc1ccccc1)S(=O)(=O)c1ccc(N=Cc2ccccc2O)cc1. The Hall–Kier alpha value is -2.96. The summed E-state index contributed by atoms with van der Waals surface area (Å²) in [4.78, 5) is 4.49. The van der Waals surface area contributed by atoms with Crippen molar-refractivity contribution in [2.75, 3.05) is 7.05 Å². The first kappa shape index (κ1) is 18.8. The lowest BCUT2D eigenvalue weighted by Crippen LogP contribution is -2.26. The van der Waals surface area contributed by atoms with Gasteiger partial charge in [0.25, 0.3) is 0 Å². The van der Waals surface area contributed by atoms with Crippen LogP contribution in [0.15, 0.2) is 88.8 Å². The van der Waals surface area contributed by atoms with Crippen LogP contribution < -0.4 is 0 Å². The molecular formula is C21H20N2O3S. The van der Waals surface area contributed by atoms with Gasteiger partial charge in [-0.1, -0.05) is 42.5 Å². The molecule has 0 saturated heterocycles. The zero-order chi connectivity index (χ0) is 19.3. The average Bonchev–Trinajstić information content (AvgIpc) is 2.68. The van der Waals surface area contributed by atoms with Crippen LogP contribution in [-0.2, 0) is 16.6 Å². The lowest BCUT2D eigenvalue weighted by atomic mass is 10.2. The van der Waals surface area contributed by atoms with E-state index >= 15 is 0 Å². The smallest absolute Gasteiger partial charge is 0.243 e. The van der Waals surface area contributed by atoms with E-state index in [4.69, 9.17) is 0 Å². The van der Waals surface area contributed by atoms with Gasteiger partial charge in [0.05, 0.1) is 10.6 Å². The first-order valence-electron chi connectivity index (χ1n) is 8.39. The van der Waals surface area contributed by atoms with E-state index in [1.807, 2.05) is 30.3 Å². The highest BCUT2D eigenvalue weighted by Crippen LogP contribution is 2.21. The molecule has 3 aromatic carbocycles. The van der Waals surface area contributed by atoms with Crippen molar-refractivity contribution in [2.24, 2.45) is 4.99 Å². The molecule has 0 spiro atoms. The molecule has 0 fully saturated rings. The fourth-order valence-electron chi connectivity index (χ4n) is 2.55. The normalized spacial score (nSPS) is 11.9. The topological polar surface area (TPSA) is 70.0 Å². The first-order chi connectivity index (χ1) is 13.0. The van der Waals surface area contributed by atoms with E-state index in [0.717, 1.165) is 5.56 Å². The molecule has 0 heterocycles. The molecule has 138 valence electrons. The van der Waals surface area contributed by atoms with E-state index < -0.39 is 10.0 Å². The number of rotatable bonds is 6. The van der Waals surface area contributed by atoms with Crippen molar-refractivity contribution >= 4 is 21.9 Å². The van der Waals surface area contributed by atoms with Gasteiger partial charge in [0.2, 0.25) is 10.0 Å². The van der Waals surface area contributed by atoms with E-state index in [-0.39, 0.29) is 10.6 Å². The Balaban J connectivity index is 1.75. The van der Waals surface area contributed by atoms with Gasteiger partial charge >= 0.3 is 0 Å². The largest absolute Gasteiger partial charge is 0.507 e. The number of aliphatic imine (C=N–C) groups is 1. The highest BCUT2D eigenvalue weighted by Gasteiger charge is 2.20. The zero-order valence-corrected chi connectivity index (χ0v) is 15.7. The minimum absolute atomic E-state index is 0.142. The van der Waals surface area contributed by atoms with Crippen LogP contribution in [0.2, 0.25) is 0 Å². The zero-order valence-electron chi connectivity index (χ0n) is 14.9. The maximum absolute atomic E-state index is 12.7. The molecule has 0 aliphatic rings. The van der Waals surface area contributed by atoms with Gasteiger partial charge in [-0.25, -0.2) is 8.42 Å². The number of para-hydroxylation sites is 1. The molecule has 0 aromatic heterocycles. The number of sulfonamides is 1. The molecule has 6 heteroatoms. The van der Waals surface area contributed by atoms with Gasteiger partial charge in [0.1, 0.15) is 5.75 Å². The fourth-order valence-corrected chi connectivity index (χ4v) is 3.71. The second-order valence-electron chi connectivity index (χ2n) is 6.06. The number of phenolic OH excluding ortho intramolecular Hbond substituents is 1. The van der Waals surface area contributed by atoms with Crippen molar-refractivity contribution in [3.8, 4) is 5.75 Å². The average molecular weight is 380 g/mol. The molecular weight excluding hydrogens is 360 g/mol. The van der Waals surface area contributed by atoms with Crippen molar-refractivity contribution < 1.29 is 13.5 Å². The van der Waals surface area contributed by atoms with Crippen molar-refractivity contribution in [1.82, 2.24) is 4.31 Å². The molecule has 5 nitrogen and oxygen atoms in total. The number of phenols is 1. The summed E-state index contributed by atoms with van der Waals surface area (Å²) >= 11 is 0. The molecule has 0 bridgehead atoms. The first-order valence-corrected chi connectivity index (χ1v) is 9.83. The van der Waals surface area contributed by atoms with Gasteiger partial charge in [-0.2, -0.15) is 4.31 Å². The predicted octanol–water partition coefficient (Wildman–Crippen LogP) is 3.96. The Morgan fingerprint density at radius 1 is 0.926 bits per heavy atom. The van der Waals surface area contributed by atoms with E-state index in [2.05, 4.69) is 4.99 Å². The quantitative estimate of drug-likeness (QED) is 0.658. The van der Waals surface area contributed by atoms with Gasteiger partial charge in [-0.3, -0.25) is 4.99 Å². The summed E-state index contributed by atoms with van der Waals surface area (Å²) in [6.45, 7) is 0.302. The molecule has 0 atom stereocenters. The summed E-state index contributed by atoms with van der Waals surface area (Å²) in [5.74, 6) is 0.142. The Labute approximate surface area is 159 Å². The molecule has 0 radical (unpaired) electrons. The van der Waals surface area contributed by atoms with Crippen LogP contribution in [0.25, 0.3) is 0 Å². The number of benzene rings is 3. The van der Waals surface area contributed by atoms with Crippen molar-refractivity contribution in [3.63, 3.8) is 0 Å². The van der Waals surface area contributed by atoms with Gasteiger partial charge < -0.3 is 5.11 Å². The number of hydrogen-bond acceptors (Lipinski definition) is 4. The van der Waals surface area contributed by atoms with Gasteiger partial charge in [0, 0.05) is 25.4 Å². The minimum Gasteiger partial charge on any atom is -0.507 e. The second-order valence-corrected chi connectivity index (χ2v) is 8.10. The van der Waals surface area contributed by atoms with Crippen LogP contribution in [-0.4, -0.2) is 31.1 Å². The summed E-state index contributed by atoms with van der Waals surface area (Å²) in [5, 5.41) is 9.75. The number of nitrogens with zero attached hydrogens (tertiary/aromatic N) is 2. The van der Waals surface area contributed by atoms with Crippen LogP contribution in [0.5, 0.6) is 5.75 Å². The molecule has 27 heavy (non-hydrogen) atoms. The summed E-state index contributed by atoms with van der Waals surface area (Å²) in [6, 6.07) is 22.7. The third kappa shape index (κ3) is 4.61. The molecule has 0 aliphatic carbocycles. The number of hydrogen-bond donors (Lipinski definition) is 1. The molecule has 3 rings (SSSR count). The fraction of sp³-hybridized carbons (Fsp3) is 0.0952. The highest BCUT2D eigenvalue weighted by atomic mass is 32.2. The Kier molecular flexibility index (Phi) is 5.69. The van der Waals surface area contributed by atoms with Crippen LogP contribution >= 0.6 is 0 Å². The van der Waals surface area contributed by atoms with Gasteiger partial charge in [-0.05, 0) is 42.0 Å². The van der Waals surface area contributed by atoms with Crippen molar-refractivity contribution in [1.29, 1.82) is 0 Å². The van der Waals surface area contributed by atoms with Crippen molar-refractivity contribution in [2.45, 2.75) is 11.4 Å². The van der Waals surface area contributed by atoms with Crippen LogP contribution in [0.1, 0.15) is 11.1 Å². The second kappa shape index (κ2) is 8.16. The van der Waals surface area contributed by atoms with Crippen LogP contribution in [0.3, 0.4) is 0 Å². The van der Waals surface area contributed by atoms with E-state index in [0.29, 0.717) is 17.8 Å². The molecule has 0 amide bonds. The summed E-state index contributed by atoms with van der Waals surface area (Å²) in [6.07, 6.45) is 1.54. The molecule has 0 unspecified atom stereocenters. The minimum atomic E-state index is -3.59. The molecule has 0 aliphatic heterocycles. The summed E-state index contributed by atoms with van der Waals surface area (Å²) in [5.41, 5.74) is 2.12. The third-order valence-electron chi connectivity index (χ3n) is 4.08. The highest BCUT2D eigenvalue weighted by molar-refractivity contribution is 7.89. The van der Waals surface area contributed by atoms with E-state index in [1.165, 1.54) is 16.4 Å². The molecule has 3 aromatic rings. The third-order valence-corrected chi connectivity index (χ3v) is 5.90. The summed E-state index contributed by atoms with van der Waals surface area (Å²) in [7, 11) is -2.02. The predicted molar refractivity (Wildman–Crippen MR) is 107 cm³/mol. The molecule has 1 N–H and O–H groups in total. The monoisotopic (exact) mass is 380 g/mol. The Morgan fingerprint density at radius 2 is 1.56 bits per heavy atom. The lowest BCUT2D eigenvalue weighted by molar-refractivity contribution is 0.466. The standard InChI is InChI=1S/C21H20N2O3S/c1-23(16-17-7-3-2-4-8-17)27(25,26)20-13-11-19(12-14-20)22-15-18-9-5-6-10-21(18)24/h2-15,24H,16H2,1H3. The molecule has 0 saturated carbocycles. The van der Waals surface area contributed by atoms with Crippen LogP contribution in [0, 0.1) is 0 Å². The van der Waals surface area contributed by atoms with Gasteiger partial charge in [0.15, 0.2) is 0 Å². The lowest BCUT2D eigenvalue weighted by Gasteiger charge is -2.17. The Bertz CT molecular complexity index is 1030. The maximum atomic E-state index is 12.7. The maximum Gasteiger partial charge on any atom is 0.243 e. The van der Waals surface area contributed by atoms with E-state index in [9.17, 15) is 13.5 Å². The van der Waals surface area contributed by atoms with E-state index in [1.54, 1.807) is 49.7 Å². The van der Waals surface area contributed by atoms with Gasteiger partial charge in [-0.15, -0.1) is 0 Å². The summed E-state index contributed by atoms with van der Waals surface area (Å²) < 4.78 is 26.8. The van der Waals surface area contributed by atoms with Crippen molar-refractivity contribution in [3.05, 3.63) is 90.0 Å².